The molecule has 2 aromatic carbocycles. The van der Waals surface area contributed by atoms with Crippen molar-refractivity contribution in [3.8, 4) is 11.5 Å². The number of para-hydroxylation sites is 1. The van der Waals surface area contributed by atoms with Crippen molar-refractivity contribution in [2.75, 3.05) is 46.6 Å². The number of morpholine rings is 1. The Hall–Kier alpha value is -3.17. The van der Waals surface area contributed by atoms with E-state index in [0.29, 0.717) is 49.9 Å². The van der Waals surface area contributed by atoms with Gasteiger partial charge in [0.15, 0.2) is 18.1 Å². The van der Waals surface area contributed by atoms with E-state index in [-0.39, 0.29) is 24.5 Å². The summed E-state index contributed by atoms with van der Waals surface area (Å²) in [6.45, 7) is 2.82. The maximum absolute atomic E-state index is 13.4. The van der Waals surface area contributed by atoms with E-state index in [1.54, 1.807) is 34.4 Å². The number of hydrogen-bond acceptors (Lipinski definition) is 7. The number of benzene rings is 2. The molecule has 3 heterocycles. The Morgan fingerprint density at radius 1 is 1.12 bits per heavy atom. The second kappa shape index (κ2) is 9.99. The standard InChI is InChI=1S/C25H27N3O5S/c1-31-21-15-17(8-9-20(21)33-16-23(29)27-11-13-32-14-12-27)25(30)28-10-4-6-19(28)24-26-18-5-2-3-7-22(18)34-24/h2-3,5,7-9,15,19H,4,6,10-14,16H2,1H3. The van der Waals surface area contributed by atoms with Crippen LogP contribution in [0, 0.1) is 0 Å². The Morgan fingerprint density at radius 3 is 2.74 bits per heavy atom. The molecule has 34 heavy (non-hydrogen) atoms. The molecule has 1 unspecified atom stereocenters. The number of aromatic nitrogens is 1. The van der Waals surface area contributed by atoms with Gasteiger partial charge < -0.3 is 24.0 Å². The summed E-state index contributed by atoms with van der Waals surface area (Å²) in [5.74, 6) is 0.707. The largest absolute Gasteiger partial charge is 0.493 e. The van der Waals surface area contributed by atoms with Crippen LogP contribution in [0.25, 0.3) is 10.2 Å². The highest BCUT2D eigenvalue weighted by Crippen LogP contribution is 2.38. The van der Waals surface area contributed by atoms with Gasteiger partial charge in [-0.25, -0.2) is 4.98 Å². The molecule has 0 aliphatic carbocycles. The topological polar surface area (TPSA) is 81.2 Å². The van der Waals surface area contributed by atoms with Crippen molar-refractivity contribution in [2.24, 2.45) is 0 Å². The highest BCUT2D eigenvalue weighted by atomic mass is 32.1. The Labute approximate surface area is 202 Å². The number of nitrogens with zero attached hydrogens (tertiary/aromatic N) is 3. The maximum atomic E-state index is 13.4. The quantitative estimate of drug-likeness (QED) is 0.536. The summed E-state index contributed by atoms with van der Waals surface area (Å²) in [7, 11) is 1.53. The highest BCUT2D eigenvalue weighted by Gasteiger charge is 2.33. The normalized spacial score (nSPS) is 18.3. The van der Waals surface area contributed by atoms with Gasteiger partial charge in [-0.15, -0.1) is 11.3 Å². The Balaban J connectivity index is 1.29. The first kappa shape index (κ1) is 22.6. The summed E-state index contributed by atoms with van der Waals surface area (Å²) in [6, 6.07) is 13.1. The first-order valence-corrected chi connectivity index (χ1v) is 12.3. The lowest BCUT2D eigenvalue weighted by Gasteiger charge is -2.27. The molecule has 2 fully saturated rings. The second-order valence-electron chi connectivity index (χ2n) is 8.32. The molecule has 1 aromatic heterocycles. The van der Waals surface area contributed by atoms with Gasteiger partial charge in [-0.1, -0.05) is 12.1 Å². The van der Waals surface area contributed by atoms with Crippen molar-refractivity contribution in [1.29, 1.82) is 0 Å². The summed E-state index contributed by atoms with van der Waals surface area (Å²) in [5, 5.41) is 0.973. The molecule has 0 radical (unpaired) electrons. The van der Waals surface area contributed by atoms with Crippen molar-refractivity contribution in [3.63, 3.8) is 0 Å². The predicted molar refractivity (Wildman–Crippen MR) is 129 cm³/mol. The van der Waals surface area contributed by atoms with Crippen LogP contribution in [0.2, 0.25) is 0 Å². The summed E-state index contributed by atoms with van der Waals surface area (Å²) in [5.41, 5.74) is 1.49. The molecule has 2 amide bonds. The zero-order chi connectivity index (χ0) is 23.5. The monoisotopic (exact) mass is 481 g/mol. The van der Waals surface area contributed by atoms with E-state index in [9.17, 15) is 9.59 Å². The number of thiazole rings is 1. The van der Waals surface area contributed by atoms with Crippen molar-refractivity contribution in [3.05, 3.63) is 53.0 Å². The lowest BCUT2D eigenvalue weighted by Crippen LogP contribution is -2.43. The van der Waals surface area contributed by atoms with Crippen LogP contribution >= 0.6 is 11.3 Å². The van der Waals surface area contributed by atoms with Crippen LogP contribution in [0.5, 0.6) is 11.5 Å². The number of rotatable bonds is 6. The van der Waals surface area contributed by atoms with Crippen LogP contribution in [0.3, 0.4) is 0 Å². The van der Waals surface area contributed by atoms with E-state index in [2.05, 4.69) is 6.07 Å². The van der Waals surface area contributed by atoms with Crippen LogP contribution in [0.1, 0.15) is 34.2 Å². The summed E-state index contributed by atoms with van der Waals surface area (Å²) in [4.78, 5) is 34.2. The summed E-state index contributed by atoms with van der Waals surface area (Å²) >= 11 is 1.65. The molecule has 0 N–H and O–H groups in total. The number of carbonyl (C=O) groups is 2. The molecule has 8 nitrogen and oxygen atoms in total. The fraction of sp³-hybridized carbons (Fsp3) is 0.400. The van der Waals surface area contributed by atoms with Crippen molar-refractivity contribution in [2.45, 2.75) is 18.9 Å². The predicted octanol–water partition coefficient (Wildman–Crippen LogP) is 3.52. The molecule has 5 rings (SSSR count). The fourth-order valence-corrected chi connectivity index (χ4v) is 5.54. The molecule has 9 heteroatoms. The lowest BCUT2D eigenvalue weighted by molar-refractivity contribution is -0.137. The Kier molecular flexibility index (Phi) is 6.64. The fourth-order valence-electron chi connectivity index (χ4n) is 4.43. The lowest BCUT2D eigenvalue weighted by atomic mass is 10.1. The third-order valence-corrected chi connectivity index (χ3v) is 7.37. The second-order valence-corrected chi connectivity index (χ2v) is 9.39. The van der Waals surface area contributed by atoms with Crippen molar-refractivity contribution < 1.29 is 23.8 Å². The first-order valence-electron chi connectivity index (χ1n) is 11.5. The van der Waals surface area contributed by atoms with E-state index in [0.717, 1.165) is 28.1 Å². The van der Waals surface area contributed by atoms with Gasteiger partial charge in [0.2, 0.25) is 0 Å². The van der Waals surface area contributed by atoms with Gasteiger partial charge >= 0.3 is 0 Å². The molecule has 2 aliphatic heterocycles. The van der Waals surface area contributed by atoms with Crippen LogP contribution in [-0.4, -0.2) is 73.2 Å². The van der Waals surface area contributed by atoms with Crippen molar-refractivity contribution in [1.82, 2.24) is 14.8 Å². The maximum Gasteiger partial charge on any atom is 0.260 e. The third kappa shape index (κ3) is 4.58. The van der Waals surface area contributed by atoms with Gasteiger partial charge in [-0.05, 0) is 43.2 Å². The first-order chi connectivity index (χ1) is 16.6. The van der Waals surface area contributed by atoms with Gasteiger partial charge in [-0.2, -0.15) is 0 Å². The van der Waals surface area contributed by atoms with Gasteiger partial charge in [-0.3, -0.25) is 9.59 Å². The smallest absolute Gasteiger partial charge is 0.260 e. The van der Waals surface area contributed by atoms with Crippen LogP contribution < -0.4 is 9.47 Å². The number of amides is 2. The number of fused-ring (bicyclic) bond motifs is 1. The number of ether oxygens (including phenoxy) is 3. The van der Waals surface area contributed by atoms with Gasteiger partial charge in [0, 0.05) is 25.2 Å². The van der Waals surface area contributed by atoms with E-state index >= 15 is 0 Å². The summed E-state index contributed by atoms with van der Waals surface area (Å²) in [6.07, 6.45) is 1.84. The molecule has 1 atom stereocenters. The van der Waals surface area contributed by atoms with Crippen molar-refractivity contribution >= 4 is 33.4 Å². The average Bonchev–Trinajstić information content (AvgIpc) is 3.54. The number of hydrogen-bond donors (Lipinski definition) is 0. The minimum Gasteiger partial charge on any atom is -0.493 e. The van der Waals surface area contributed by atoms with Gasteiger partial charge in [0.05, 0.1) is 36.6 Å². The molecule has 0 saturated carbocycles. The third-order valence-electron chi connectivity index (χ3n) is 6.23. The highest BCUT2D eigenvalue weighted by molar-refractivity contribution is 7.18. The zero-order valence-corrected chi connectivity index (χ0v) is 19.9. The minimum atomic E-state index is -0.0961. The molecule has 178 valence electrons. The van der Waals surface area contributed by atoms with Crippen LogP contribution in [0.15, 0.2) is 42.5 Å². The van der Waals surface area contributed by atoms with E-state index in [1.807, 2.05) is 23.1 Å². The average molecular weight is 482 g/mol. The minimum absolute atomic E-state index is 0.0297. The van der Waals surface area contributed by atoms with Gasteiger partial charge in [0.1, 0.15) is 5.01 Å². The molecular weight excluding hydrogens is 454 g/mol. The van der Waals surface area contributed by atoms with E-state index < -0.39 is 0 Å². The molecule has 2 aliphatic rings. The molecule has 3 aromatic rings. The zero-order valence-electron chi connectivity index (χ0n) is 19.1. The molecule has 0 bridgehead atoms. The van der Waals surface area contributed by atoms with Crippen LogP contribution in [0.4, 0.5) is 0 Å². The SMILES string of the molecule is COc1cc(C(=O)N2CCCC2c2nc3ccccc3s2)ccc1OCC(=O)N1CCOCC1. The molecule has 2 saturated heterocycles. The number of carbonyl (C=O) groups excluding carboxylic acids is 2. The Bertz CT molecular complexity index is 1160. The van der Waals surface area contributed by atoms with E-state index in [4.69, 9.17) is 19.2 Å². The van der Waals surface area contributed by atoms with Gasteiger partial charge in [0.25, 0.3) is 11.8 Å². The van der Waals surface area contributed by atoms with E-state index in [1.165, 1.54) is 7.11 Å². The number of methoxy groups -OCH3 is 1. The van der Waals surface area contributed by atoms with Crippen LogP contribution in [-0.2, 0) is 9.53 Å². The molecular formula is C25H27N3O5S. The summed E-state index contributed by atoms with van der Waals surface area (Å²) < 4.78 is 17.6. The number of likely N-dealkylation sites (tertiary alicyclic amines) is 1. The molecule has 0 spiro atoms. The Morgan fingerprint density at radius 2 is 1.94 bits per heavy atom.